The third kappa shape index (κ3) is 2.61. The Bertz CT molecular complexity index is 743. The van der Waals surface area contributed by atoms with E-state index < -0.39 is 6.17 Å². The number of halogens is 1. The smallest absolute Gasteiger partial charge is 0.226 e. The lowest BCUT2D eigenvalue weighted by molar-refractivity contribution is 0.171. The first-order chi connectivity index (χ1) is 10.8. The van der Waals surface area contributed by atoms with Crippen LogP contribution in [-0.2, 0) is 12.8 Å². The first-order valence-corrected chi connectivity index (χ1v) is 7.59. The molecule has 0 atom stereocenters. The number of aromatic nitrogens is 3. The minimum absolute atomic E-state index is 0.129. The Morgan fingerprint density at radius 1 is 1.09 bits per heavy atom. The van der Waals surface area contributed by atoms with Crippen molar-refractivity contribution >= 4 is 11.1 Å². The van der Waals surface area contributed by atoms with Gasteiger partial charge < -0.3 is 8.94 Å². The average Bonchev–Trinajstić information content (AvgIpc) is 3.10. The molecule has 0 N–H and O–H groups in total. The zero-order chi connectivity index (χ0) is 14.9. The second-order valence-corrected chi connectivity index (χ2v) is 5.74. The van der Waals surface area contributed by atoms with Crippen LogP contribution in [0.5, 0.6) is 0 Å². The molecule has 6 heteroatoms. The van der Waals surface area contributed by atoms with Gasteiger partial charge in [0.15, 0.2) is 17.3 Å². The van der Waals surface area contributed by atoms with Gasteiger partial charge in [0.05, 0.1) is 0 Å². The number of aryl methyl sites for hydroxylation is 2. The standard InChI is InChI=1S/C16H16FN3O2/c17-11-8-10(9-11)16-19-15(22-20-16)7-3-6-14-18-12-4-1-2-5-13(12)21-14/h1-2,4-5,10-11H,3,6-9H2. The Kier molecular flexibility index (Phi) is 3.36. The number of fused-ring (bicyclic) bond motifs is 1. The van der Waals surface area contributed by atoms with Gasteiger partial charge in [-0.3, -0.25) is 0 Å². The number of oxazole rings is 1. The van der Waals surface area contributed by atoms with Crippen molar-refractivity contribution in [3.63, 3.8) is 0 Å². The number of hydrogen-bond donors (Lipinski definition) is 0. The number of hydrogen-bond acceptors (Lipinski definition) is 5. The Morgan fingerprint density at radius 2 is 1.91 bits per heavy atom. The molecule has 0 saturated heterocycles. The van der Waals surface area contributed by atoms with Gasteiger partial charge in [-0.1, -0.05) is 17.3 Å². The maximum atomic E-state index is 12.8. The summed E-state index contributed by atoms with van der Waals surface area (Å²) < 4.78 is 23.7. The van der Waals surface area contributed by atoms with Gasteiger partial charge in [-0.2, -0.15) is 4.98 Å². The number of alkyl halides is 1. The predicted octanol–water partition coefficient (Wildman–Crippen LogP) is 3.60. The van der Waals surface area contributed by atoms with Crippen LogP contribution in [-0.4, -0.2) is 21.3 Å². The highest BCUT2D eigenvalue weighted by Gasteiger charge is 2.33. The van der Waals surface area contributed by atoms with Crippen LogP contribution in [0.2, 0.25) is 0 Å². The SMILES string of the molecule is FC1CC(c2noc(CCCc3nc4ccccc4o3)n2)C1. The molecule has 1 aromatic carbocycles. The van der Waals surface area contributed by atoms with Crippen LogP contribution in [0.1, 0.15) is 42.8 Å². The van der Waals surface area contributed by atoms with Gasteiger partial charge in [-0.15, -0.1) is 0 Å². The second-order valence-electron chi connectivity index (χ2n) is 5.74. The molecular formula is C16H16FN3O2. The van der Waals surface area contributed by atoms with Crippen molar-refractivity contribution in [2.45, 2.75) is 44.2 Å². The van der Waals surface area contributed by atoms with Crippen molar-refractivity contribution in [1.82, 2.24) is 15.1 Å². The van der Waals surface area contributed by atoms with Crippen molar-refractivity contribution in [2.75, 3.05) is 0 Å². The van der Waals surface area contributed by atoms with Gasteiger partial charge in [0.2, 0.25) is 5.89 Å². The van der Waals surface area contributed by atoms with Crippen LogP contribution >= 0.6 is 0 Å². The van der Waals surface area contributed by atoms with Gasteiger partial charge in [0.1, 0.15) is 11.7 Å². The molecule has 114 valence electrons. The fraction of sp³-hybridized carbons (Fsp3) is 0.438. The van der Waals surface area contributed by atoms with Gasteiger partial charge in [-0.25, -0.2) is 9.37 Å². The van der Waals surface area contributed by atoms with Gasteiger partial charge in [0, 0.05) is 18.8 Å². The number of benzene rings is 1. The van der Waals surface area contributed by atoms with Crippen LogP contribution in [0, 0.1) is 0 Å². The van der Waals surface area contributed by atoms with E-state index in [-0.39, 0.29) is 5.92 Å². The summed E-state index contributed by atoms with van der Waals surface area (Å²) in [4.78, 5) is 8.78. The summed E-state index contributed by atoms with van der Waals surface area (Å²) in [5.41, 5.74) is 1.69. The van der Waals surface area contributed by atoms with E-state index in [1.165, 1.54) is 0 Å². The average molecular weight is 301 g/mol. The molecule has 1 fully saturated rings. The highest BCUT2D eigenvalue weighted by molar-refractivity contribution is 5.72. The van der Waals surface area contributed by atoms with Crippen LogP contribution < -0.4 is 0 Å². The summed E-state index contributed by atoms with van der Waals surface area (Å²) in [5, 5.41) is 3.94. The lowest BCUT2D eigenvalue weighted by atomic mass is 9.83. The summed E-state index contributed by atoms with van der Waals surface area (Å²) in [7, 11) is 0. The van der Waals surface area contributed by atoms with Gasteiger partial charge >= 0.3 is 0 Å². The summed E-state index contributed by atoms with van der Waals surface area (Å²) in [5.74, 6) is 2.10. The summed E-state index contributed by atoms with van der Waals surface area (Å²) >= 11 is 0. The van der Waals surface area contributed by atoms with Crippen LogP contribution in [0.4, 0.5) is 4.39 Å². The van der Waals surface area contributed by atoms with E-state index in [0.29, 0.717) is 31.0 Å². The zero-order valence-electron chi connectivity index (χ0n) is 12.0. The van der Waals surface area contributed by atoms with E-state index in [2.05, 4.69) is 15.1 Å². The first-order valence-electron chi connectivity index (χ1n) is 7.59. The summed E-state index contributed by atoms with van der Waals surface area (Å²) in [6.45, 7) is 0. The fourth-order valence-corrected chi connectivity index (χ4v) is 2.71. The van der Waals surface area contributed by atoms with Crippen LogP contribution in [0.25, 0.3) is 11.1 Å². The molecular weight excluding hydrogens is 285 g/mol. The van der Waals surface area contributed by atoms with E-state index in [1.54, 1.807) is 0 Å². The Morgan fingerprint density at radius 3 is 2.73 bits per heavy atom. The Balaban J connectivity index is 1.33. The molecule has 0 aliphatic heterocycles. The maximum absolute atomic E-state index is 12.8. The first kappa shape index (κ1) is 13.4. The van der Waals surface area contributed by atoms with Crippen molar-refractivity contribution in [3.05, 3.63) is 41.9 Å². The monoisotopic (exact) mass is 301 g/mol. The molecule has 4 rings (SSSR count). The van der Waals surface area contributed by atoms with E-state index in [9.17, 15) is 4.39 Å². The van der Waals surface area contributed by atoms with Gasteiger partial charge in [0.25, 0.3) is 0 Å². The van der Waals surface area contributed by atoms with Crippen molar-refractivity contribution in [3.8, 4) is 0 Å². The molecule has 0 radical (unpaired) electrons. The van der Waals surface area contributed by atoms with E-state index >= 15 is 0 Å². The molecule has 0 unspecified atom stereocenters. The molecule has 0 bridgehead atoms. The van der Waals surface area contributed by atoms with E-state index in [1.807, 2.05) is 24.3 Å². The topological polar surface area (TPSA) is 65.0 Å². The number of rotatable bonds is 5. The third-order valence-electron chi connectivity index (χ3n) is 4.05. The number of nitrogens with zero attached hydrogens (tertiary/aromatic N) is 3. The molecule has 2 aromatic heterocycles. The molecule has 1 saturated carbocycles. The second kappa shape index (κ2) is 5.51. The van der Waals surface area contributed by atoms with Gasteiger partial charge in [-0.05, 0) is 31.4 Å². The molecule has 5 nitrogen and oxygen atoms in total. The predicted molar refractivity (Wildman–Crippen MR) is 77.2 cm³/mol. The maximum Gasteiger partial charge on any atom is 0.226 e. The van der Waals surface area contributed by atoms with E-state index in [0.717, 1.165) is 29.8 Å². The molecule has 2 heterocycles. The largest absolute Gasteiger partial charge is 0.441 e. The zero-order valence-corrected chi connectivity index (χ0v) is 12.0. The fourth-order valence-electron chi connectivity index (χ4n) is 2.71. The minimum atomic E-state index is -0.703. The summed E-state index contributed by atoms with van der Waals surface area (Å²) in [6.07, 6.45) is 2.56. The van der Waals surface area contributed by atoms with E-state index in [4.69, 9.17) is 8.94 Å². The molecule has 0 amide bonds. The van der Waals surface area contributed by atoms with Crippen molar-refractivity contribution in [1.29, 1.82) is 0 Å². The summed E-state index contributed by atoms with van der Waals surface area (Å²) in [6, 6.07) is 7.72. The highest BCUT2D eigenvalue weighted by atomic mass is 19.1. The van der Waals surface area contributed by atoms with Crippen molar-refractivity contribution < 1.29 is 13.3 Å². The number of para-hydroxylation sites is 2. The third-order valence-corrected chi connectivity index (χ3v) is 4.05. The van der Waals surface area contributed by atoms with Crippen LogP contribution in [0.3, 0.4) is 0 Å². The molecule has 22 heavy (non-hydrogen) atoms. The Hall–Kier alpha value is -2.24. The molecule has 3 aromatic rings. The van der Waals surface area contributed by atoms with Crippen molar-refractivity contribution in [2.24, 2.45) is 0 Å². The quantitative estimate of drug-likeness (QED) is 0.720. The molecule has 1 aliphatic carbocycles. The minimum Gasteiger partial charge on any atom is -0.441 e. The lowest BCUT2D eigenvalue weighted by Gasteiger charge is -2.26. The van der Waals surface area contributed by atoms with Crippen LogP contribution in [0.15, 0.2) is 33.2 Å². The Labute approximate surface area is 126 Å². The molecule has 1 aliphatic rings. The lowest BCUT2D eigenvalue weighted by Crippen LogP contribution is -2.23. The normalized spacial score (nSPS) is 21.1. The highest BCUT2D eigenvalue weighted by Crippen LogP contribution is 2.37. The molecule has 0 spiro atoms.